The van der Waals surface area contributed by atoms with E-state index in [-0.39, 0.29) is 12.2 Å². The van der Waals surface area contributed by atoms with Gasteiger partial charge in [0.1, 0.15) is 6.10 Å². The maximum Gasteiger partial charge on any atom is 0.410 e. The SMILES string of the molecule is CCCCCCCN1CC(CN)OC1=O. The second kappa shape index (κ2) is 6.67. The Morgan fingerprint density at radius 3 is 2.73 bits per heavy atom. The van der Waals surface area contributed by atoms with Crippen LogP contribution in [0.4, 0.5) is 4.79 Å². The lowest BCUT2D eigenvalue weighted by molar-refractivity contribution is 0.135. The second-order valence-electron chi connectivity index (χ2n) is 4.10. The van der Waals surface area contributed by atoms with E-state index in [1.54, 1.807) is 4.90 Å². The van der Waals surface area contributed by atoms with Gasteiger partial charge in [-0.2, -0.15) is 0 Å². The molecule has 2 N–H and O–H groups in total. The number of nitrogens with zero attached hydrogens (tertiary/aromatic N) is 1. The third-order valence-corrected chi connectivity index (χ3v) is 2.74. The zero-order valence-corrected chi connectivity index (χ0v) is 9.58. The first-order valence-corrected chi connectivity index (χ1v) is 5.93. The van der Waals surface area contributed by atoms with Crippen molar-refractivity contribution in [2.75, 3.05) is 19.6 Å². The fraction of sp³-hybridized carbons (Fsp3) is 0.909. The van der Waals surface area contributed by atoms with E-state index in [1.165, 1.54) is 25.7 Å². The molecular weight excluding hydrogens is 192 g/mol. The number of carbonyl (C=O) groups excluding carboxylic acids is 1. The first-order chi connectivity index (χ1) is 7.27. The molecule has 0 saturated carbocycles. The third-order valence-electron chi connectivity index (χ3n) is 2.74. The van der Waals surface area contributed by atoms with Gasteiger partial charge in [0.15, 0.2) is 0 Å². The summed E-state index contributed by atoms with van der Waals surface area (Å²) < 4.78 is 5.06. The van der Waals surface area contributed by atoms with Gasteiger partial charge in [-0.05, 0) is 6.42 Å². The van der Waals surface area contributed by atoms with E-state index < -0.39 is 0 Å². The zero-order chi connectivity index (χ0) is 11.1. The number of unbranched alkanes of at least 4 members (excludes halogenated alkanes) is 4. The van der Waals surface area contributed by atoms with E-state index >= 15 is 0 Å². The van der Waals surface area contributed by atoms with Crippen LogP contribution in [0.2, 0.25) is 0 Å². The van der Waals surface area contributed by atoms with E-state index in [4.69, 9.17) is 10.5 Å². The average Bonchev–Trinajstić information content (AvgIpc) is 2.59. The van der Waals surface area contributed by atoms with E-state index in [1.807, 2.05) is 0 Å². The number of amides is 1. The minimum Gasteiger partial charge on any atom is -0.443 e. The Balaban J connectivity index is 2.08. The Morgan fingerprint density at radius 1 is 1.40 bits per heavy atom. The van der Waals surface area contributed by atoms with Gasteiger partial charge >= 0.3 is 6.09 Å². The number of nitrogens with two attached hydrogens (primary N) is 1. The standard InChI is InChI=1S/C11H22N2O2/c1-2-3-4-5-6-7-13-9-10(8-12)15-11(13)14/h10H,2-9,12H2,1H3. The van der Waals surface area contributed by atoms with E-state index in [9.17, 15) is 4.79 Å². The molecular formula is C11H22N2O2. The normalized spacial score (nSPS) is 20.8. The molecule has 0 radical (unpaired) electrons. The molecule has 4 nitrogen and oxygen atoms in total. The number of cyclic esters (lactones) is 1. The molecule has 1 unspecified atom stereocenters. The fourth-order valence-corrected chi connectivity index (χ4v) is 1.79. The van der Waals surface area contributed by atoms with Crippen molar-refractivity contribution in [3.63, 3.8) is 0 Å². The van der Waals surface area contributed by atoms with Gasteiger partial charge in [0.05, 0.1) is 6.54 Å². The lowest BCUT2D eigenvalue weighted by atomic mass is 10.1. The summed E-state index contributed by atoms with van der Waals surface area (Å²) >= 11 is 0. The van der Waals surface area contributed by atoms with E-state index in [0.29, 0.717) is 13.1 Å². The summed E-state index contributed by atoms with van der Waals surface area (Å²) in [7, 11) is 0. The highest BCUT2D eigenvalue weighted by molar-refractivity contribution is 5.69. The Labute approximate surface area is 91.8 Å². The van der Waals surface area contributed by atoms with Gasteiger partial charge in [-0.3, -0.25) is 0 Å². The molecule has 4 heteroatoms. The average molecular weight is 214 g/mol. The van der Waals surface area contributed by atoms with Gasteiger partial charge in [-0.1, -0.05) is 32.6 Å². The molecule has 1 heterocycles. The molecule has 1 rings (SSSR count). The van der Waals surface area contributed by atoms with Crippen LogP contribution in [0.25, 0.3) is 0 Å². The molecule has 1 aliphatic rings. The van der Waals surface area contributed by atoms with Gasteiger partial charge in [-0.25, -0.2) is 4.79 Å². The van der Waals surface area contributed by atoms with Crippen molar-refractivity contribution in [2.24, 2.45) is 5.73 Å². The van der Waals surface area contributed by atoms with Gasteiger partial charge in [0.25, 0.3) is 0 Å². The molecule has 0 aromatic carbocycles. The van der Waals surface area contributed by atoms with Crippen molar-refractivity contribution in [1.82, 2.24) is 4.90 Å². The monoisotopic (exact) mass is 214 g/mol. The number of carbonyl (C=O) groups is 1. The van der Waals surface area contributed by atoms with E-state index in [0.717, 1.165) is 13.0 Å². The number of ether oxygens (including phenoxy) is 1. The topological polar surface area (TPSA) is 55.6 Å². The third kappa shape index (κ3) is 4.08. The van der Waals surface area contributed by atoms with Gasteiger partial charge in [0, 0.05) is 13.1 Å². The summed E-state index contributed by atoms with van der Waals surface area (Å²) in [5.41, 5.74) is 5.45. The molecule has 1 amide bonds. The predicted molar refractivity (Wildman–Crippen MR) is 59.7 cm³/mol. The first kappa shape index (κ1) is 12.3. The summed E-state index contributed by atoms with van der Waals surface area (Å²) in [5, 5.41) is 0. The van der Waals surface area contributed by atoms with Crippen LogP contribution < -0.4 is 5.73 Å². The molecule has 1 aliphatic heterocycles. The van der Waals surface area contributed by atoms with Crippen LogP contribution in [0.3, 0.4) is 0 Å². The largest absolute Gasteiger partial charge is 0.443 e. The number of hydrogen-bond acceptors (Lipinski definition) is 3. The summed E-state index contributed by atoms with van der Waals surface area (Å²) in [5.74, 6) is 0. The van der Waals surface area contributed by atoms with Crippen molar-refractivity contribution in [3.8, 4) is 0 Å². The number of hydrogen-bond donors (Lipinski definition) is 1. The van der Waals surface area contributed by atoms with Crippen LogP contribution in [0.1, 0.15) is 39.0 Å². The van der Waals surface area contributed by atoms with Crippen LogP contribution in [0.15, 0.2) is 0 Å². The fourth-order valence-electron chi connectivity index (χ4n) is 1.79. The van der Waals surface area contributed by atoms with Crippen LogP contribution >= 0.6 is 0 Å². The lowest BCUT2D eigenvalue weighted by Gasteiger charge is -2.11. The van der Waals surface area contributed by atoms with Gasteiger partial charge < -0.3 is 15.4 Å². The quantitative estimate of drug-likeness (QED) is 0.657. The minimum absolute atomic E-state index is 0.0897. The lowest BCUT2D eigenvalue weighted by Crippen LogP contribution is -2.28. The van der Waals surface area contributed by atoms with Crippen molar-refractivity contribution in [2.45, 2.75) is 45.1 Å². The highest BCUT2D eigenvalue weighted by atomic mass is 16.6. The van der Waals surface area contributed by atoms with Crippen molar-refractivity contribution in [1.29, 1.82) is 0 Å². The van der Waals surface area contributed by atoms with Crippen LogP contribution in [0, 0.1) is 0 Å². The van der Waals surface area contributed by atoms with E-state index in [2.05, 4.69) is 6.92 Å². The molecule has 0 aromatic rings. The smallest absolute Gasteiger partial charge is 0.410 e. The molecule has 0 bridgehead atoms. The second-order valence-corrected chi connectivity index (χ2v) is 4.10. The Bertz CT molecular complexity index is 197. The molecule has 0 aliphatic carbocycles. The molecule has 15 heavy (non-hydrogen) atoms. The van der Waals surface area contributed by atoms with Crippen LogP contribution in [0.5, 0.6) is 0 Å². The molecule has 1 fully saturated rings. The Hall–Kier alpha value is -0.770. The van der Waals surface area contributed by atoms with Crippen LogP contribution in [-0.4, -0.2) is 36.7 Å². The maximum atomic E-state index is 11.3. The van der Waals surface area contributed by atoms with Crippen LogP contribution in [-0.2, 0) is 4.74 Å². The molecule has 1 saturated heterocycles. The van der Waals surface area contributed by atoms with Crippen molar-refractivity contribution in [3.05, 3.63) is 0 Å². The summed E-state index contributed by atoms with van der Waals surface area (Å²) in [6, 6.07) is 0. The minimum atomic E-state index is -0.194. The zero-order valence-electron chi connectivity index (χ0n) is 9.58. The van der Waals surface area contributed by atoms with Gasteiger partial charge in [0.2, 0.25) is 0 Å². The predicted octanol–water partition coefficient (Wildman–Crippen LogP) is 1.74. The highest BCUT2D eigenvalue weighted by Crippen LogP contribution is 2.12. The number of rotatable bonds is 7. The molecule has 0 spiro atoms. The summed E-state index contributed by atoms with van der Waals surface area (Å²) in [6.07, 6.45) is 5.79. The Kier molecular flexibility index (Phi) is 5.47. The van der Waals surface area contributed by atoms with Crippen molar-refractivity contribution < 1.29 is 9.53 Å². The Morgan fingerprint density at radius 2 is 2.13 bits per heavy atom. The summed E-state index contributed by atoms with van der Waals surface area (Å²) in [4.78, 5) is 13.1. The first-order valence-electron chi connectivity index (χ1n) is 5.93. The maximum absolute atomic E-state index is 11.3. The molecule has 88 valence electrons. The highest BCUT2D eigenvalue weighted by Gasteiger charge is 2.29. The molecule has 0 aromatic heterocycles. The molecule has 1 atom stereocenters. The van der Waals surface area contributed by atoms with Gasteiger partial charge in [-0.15, -0.1) is 0 Å². The van der Waals surface area contributed by atoms with Crippen molar-refractivity contribution >= 4 is 6.09 Å². The summed E-state index contributed by atoms with van der Waals surface area (Å²) in [6.45, 7) is 4.11.